The molecule has 1 aromatic rings. The first-order valence-corrected chi connectivity index (χ1v) is 9.41. The Kier molecular flexibility index (Phi) is 6.24. The summed E-state index contributed by atoms with van der Waals surface area (Å²) < 4.78 is 10.1. The summed E-state index contributed by atoms with van der Waals surface area (Å²) >= 11 is 0. The minimum absolute atomic E-state index is 0.0291. The number of aryl methyl sites for hydroxylation is 1. The second-order valence-corrected chi connectivity index (χ2v) is 7.32. The average Bonchev–Trinajstić information content (AvgIpc) is 3.07. The Morgan fingerprint density at radius 1 is 1.19 bits per heavy atom. The molecule has 3 heterocycles. The van der Waals surface area contributed by atoms with E-state index in [2.05, 4.69) is 10.1 Å². The van der Waals surface area contributed by atoms with E-state index in [0.717, 1.165) is 51.7 Å². The van der Waals surface area contributed by atoms with Gasteiger partial charge in [-0.25, -0.2) is 0 Å². The van der Waals surface area contributed by atoms with Gasteiger partial charge in [0.1, 0.15) is 6.61 Å². The Labute approximate surface area is 153 Å². The molecule has 2 amide bonds. The van der Waals surface area contributed by atoms with E-state index < -0.39 is 0 Å². The topological polar surface area (TPSA) is 88.8 Å². The molecule has 8 nitrogen and oxygen atoms in total. The van der Waals surface area contributed by atoms with Crippen molar-refractivity contribution in [3.05, 3.63) is 11.7 Å². The van der Waals surface area contributed by atoms with Gasteiger partial charge in [0.25, 0.3) is 0 Å². The molecular weight excluding hydrogens is 336 g/mol. The van der Waals surface area contributed by atoms with Gasteiger partial charge in [0.2, 0.25) is 17.7 Å². The van der Waals surface area contributed by atoms with E-state index in [0.29, 0.717) is 24.2 Å². The summed E-state index contributed by atoms with van der Waals surface area (Å²) in [6, 6.07) is 0. The second-order valence-electron chi connectivity index (χ2n) is 7.32. The van der Waals surface area contributed by atoms with Crippen LogP contribution < -0.4 is 0 Å². The molecule has 144 valence electrons. The third kappa shape index (κ3) is 4.60. The van der Waals surface area contributed by atoms with Crippen LogP contribution in [-0.4, -0.2) is 71.7 Å². The van der Waals surface area contributed by atoms with Crippen molar-refractivity contribution in [2.45, 2.75) is 39.0 Å². The van der Waals surface area contributed by atoms with Crippen LogP contribution in [0.15, 0.2) is 4.52 Å². The third-order valence-electron chi connectivity index (χ3n) is 5.35. The predicted octanol–water partition coefficient (Wildman–Crippen LogP) is 1.04. The number of hydrogen-bond donors (Lipinski definition) is 0. The number of aromatic nitrogens is 2. The van der Waals surface area contributed by atoms with Crippen LogP contribution in [-0.2, 0) is 20.7 Å². The van der Waals surface area contributed by atoms with Crippen LogP contribution in [0, 0.1) is 18.8 Å². The van der Waals surface area contributed by atoms with Crippen molar-refractivity contribution in [2.24, 2.45) is 11.8 Å². The fraction of sp³-hybridized carbons (Fsp3) is 0.778. The highest BCUT2D eigenvalue weighted by atomic mass is 16.5. The molecular formula is C18H28N4O4. The molecule has 2 aliphatic heterocycles. The van der Waals surface area contributed by atoms with E-state index in [1.807, 2.05) is 11.8 Å². The van der Waals surface area contributed by atoms with E-state index in [1.54, 1.807) is 4.90 Å². The maximum absolute atomic E-state index is 12.9. The maximum atomic E-state index is 12.9. The number of carbonyl (C=O) groups is 2. The Hall–Kier alpha value is -1.96. The molecule has 0 aromatic carbocycles. The Morgan fingerprint density at radius 2 is 1.96 bits per heavy atom. The number of carbonyl (C=O) groups excluding carboxylic acids is 2. The smallest absolute Gasteiger partial charge is 0.248 e. The summed E-state index contributed by atoms with van der Waals surface area (Å²) in [5.41, 5.74) is 0. The first kappa shape index (κ1) is 18.8. The fourth-order valence-electron chi connectivity index (χ4n) is 3.91. The van der Waals surface area contributed by atoms with Gasteiger partial charge in [0, 0.05) is 39.7 Å². The molecule has 2 aliphatic rings. The minimum atomic E-state index is -0.0836. The Balaban J connectivity index is 1.47. The number of methoxy groups -OCH3 is 1. The summed E-state index contributed by atoms with van der Waals surface area (Å²) in [6.07, 6.45) is 4.42. The zero-order valence-electron chi connectivity index (χ0n) is 15.6. The molecule has 8 heteroatoms. The van der Waals surface area contributed by atoms with Crippen molar-refractivity contribution < 1.29 is 18.8 Å². The largest absolute Gasteiger partial charge is 0.375 e. The van der Waals surface area contributed by atoms with Crippen LogP contribution in [0.25, 0.3) is 0 Å². The predicted molar refractivity (Wildman–Crippen MR) is 93.2 cm³/mol. The lowest BCUT2D eigenvalue weighted by atomic mass is 9.91. The van der Waals surface area contributed by atoms with Crippen LogP contribution in [0.1, 0.15) is 37.4 Å². The molecule has 26 heavy (non-hydrogen) atoms. The minimum Gasteiger partial charge on any atom is -0.375 e. The molecule has 0 spiro atoms. The van der Waals surface area contributed by atoms with Crippen LogP contribution in [0.3, 0.4) is 0 Å². The maximum Gasteiger partial charge on any atom is 0.248 e. The van der Waals surface area contributed by atoms with Gasteiger partial charge in [-0.3, -0.25) is 9.59 Å². The standard InChI is InChI=1S/C18H28N4O4/c1-13-19-16(26-20-13)10-14-5-8-21(9-6-14)18(24)15-4-3-7-22(11-15)17(23)12-25-2/h14-15H,3-12H2,1-2H3/t15-/m1/s1. The Morgan fingerprint density at radius 3 is 2.62 bits per heavy atom. The zero-order chi connectivity index (χ0) is 18.5. The van der Waals surface area contributed by atoms with E-state index in [1.165, 1.54) is 7.11 Å². The van der Waals surface area contributed by atoms with Gasteiger partial charge >= 0.3 is 0 Å². The van der Waals surface area contributed by atoms with Gasteiger partial charge < -0.3 is 19.1 Å². The Bertz CT molecular complexity index is 624. The quantitative estimate of drug-likeness (QED) is 0.776. The number of piperidine rings is 2. The number of hydrogen-bond acceptors (Lipinski definition) is 6. The number of ether oxygens (including phenoxy) is 1. The van der Waals surface area contributed by atoms with Crippen molar-refractivity contribution in [1.82, 2.24) is 19.9 Å². The highest BCUT2D eigenvalue weighted by Crippen LogP contribution is 2.25. The van der Waals surface area contributed by atoms with Crippen LogP contribution in [0.5, 0.6) is 0 Å². The summed E-state index contributed by atoms with van der Waals surface area (Å²) in [5, 5.41) is 3.83. The summed E-state index contributed by atoms with van der Waals surface area (Å²) in [7, 11) is 1.52. The van der Waals surface area contributed by atoms with Crippen molar-refractivity contribution in [3.63, 3.8) is 0 Å². The van der Waals surface area contributed by atoms with Crippen molar-refractivity contribution in [1.29, 1.82) is 0 Å². The molecule has 0 bridgehead atoms. The number of amides is 2. The van der Waals surface area contributed by atoms with Crippen LogP contribution >= 0.6 is 0 Å². The average molecular weight is 364 g/mol. The normalized spacial score (nSPS) is 21.8. The number of likely N-dealkylation sites (tertiary alicyclic amines) is 2. The fourth-order valence-corrected chi connectivity index (χ4v) is 3.91. The zero-order valence-corrected chi connectivity index (χ0v) is 15.6. The lowest BCUT2D eigenvalue weighted by Crippen LogP contribution is -2.49. The number of nitrogens with zero attached hydrogens (tertiary/aromatic N) is 4. The van der Waals surface area contributed by atoms with Gasteiger partial charge in [-0.05, 0) is 38.5 Å². The van der Waals surface area contributed by atoms with Crippen molar-refractivity contribution in [3.8, 4) is 0 Å². The van der Waals surface area contributed by atoms with Gasteiger partial charge in [0.15, 0.2) is 5.82 Å². The third-order valence-corrected chi connectivity index (χ3v) is 5.35. The molecule has 0 aliphatic carbocycles. The highest BCUT2D eigenvalue weighted by molar-refractivity contribution is 5.82. The van der Waals surface area contributed by atoms with Crippen LogP contribution in [0.2, 0.25) is 0 Å². The highest BCUT2D eigenvalue weighted by Gasteiger charge is 2.33. The molecule has 0 saturated carbocycles. The number of rotatable bonds is 5. The first-order valence-electron chi connectivity index (χ1n) is 9.41. The van der Waals surface area contributed by atoms with E-state index in [4.69, 9.17) is 9.26 Å². The summed E-state index contributed by atoms with van der Waals surface area (Å²) in [5.74, 6) is 1.90. The lowest BCUT2D eigenvalue weighted by molar-refractivity contribution is -0.143. The SMILES string of the molecule is COCC(=O)N1CCC[C@@H](C(=O)N2CCC(Cc3nc(C)no3)CC2)C1. The van der Waals surface area contributed by atoms with Crippen LogP contribution in [0.4, 0.5) is 0 Å². The van der Waals surface area contributed by atoms with E-state index in [-0.39, 0.29) is 24.3 Å². The molecule has 2 fully saturated rings. The lowest BCUT2D eigenvalue weighted by Gasteiger charge is -2.37. The van der Waals surface area contributed by atoms with Crippen molar-refractivity contribution >= 4 is 11.8 Å². The molecule has 0 radical (unpaired) electrons. The first-order chi connectivity index (χ1) is 12.6. The molecule has 2 saturated heterocycles. The van der Waals surface area contributed by atoms with Gasteiger partial charge in [-0.15, -0.1) is 0 Å². The molecule has 0 unspecified atom stereocenters. The molecule has 0 N–H and O–H groups in total. The van der Waals surface area contributed by atoms with Crippen molar-refractivity contribution in [2.75, 3.05) is 39.9 Å². The molecule has 1 atom stereocenters. The molecule has 1 aromatic heterocycles. The summed E-state index contributed by atoms with van der Waals surface area (Å²) in [6.45, 7) is 4.67. The van der Waals surface area contributed by atoms with E-state index in [9.17, 15) is 9.59 Å². The second kappa shape index (κ2) is 8.62. The van der Waals surface area contributed by atoms with Gasteiger partial charge in [-0.1, -0.05) is 5.16 Å². The summed E-state index contributed by atoms with van der Waals surface area (Å²) in [4.78, 5) is 32.9. The monoisotopic (exact) mass is 364 g/mol. The van der Waals surface area contributed by atoms with Gasteiger partial charge in [-0.2, -0.15) is 4.98 Å². The molecule has 3 rings (SSSR count). The van der Waals surface area contributed by atoms with Gasteiger partial charge in [0.05, 0.1) is 5.92 Å². The van der Waals surface area contributed by atoms with E-state index >= 15 is 0 Å².